The van der Waals surface area contributed by atoms with E-state index in [0.29, 0.717) is 18.9 Å². The second-order valence-electron chi connectivity index (χ2n) is 4.33. The van der Waals surface area contributed by atoms with Crippen LogP contribution in [-0.2, 0) is 0 Å². The van der Waals surface area contributed by atoms with Crippen molar-refractivity contribution in [1.82, 2.24) is 4.98 Å². The minimum Gasteiger partial charge on any atom is -0.478 e. The highest BCUT2D eigenvalue weighted by atomic mass is 16.5. The first-order chi connectivity index (χ1) is 9.26. The molecule has 0 spiro atoms. The van der Waals surface area contributed by atoms with Crippen LogP contribution in [0.1, 0.15) is 31.9 Å². The van der Waals surface area contributed by atoms with E-state index >= 15 is 0 Å². The summed E-state index contributed by atoms with van der Waals surface area (Å²) in [6, 6.07) is 11.7. The van der Waals surface area contributed by atoms with Crippen molar-refractivity contribution >= 4 is 0 Å². The van der Waals surface area contributed by atoms with Crippen LogP contribution in [0.4, 0.5) is 0 Å². The van der Waals surface area contributed by atoms with Crippen LogP contribution in [0, 0.1) is 0 Å². The summed E-state index contributed by atoms with van der Waals surface area (Å²) >= 11 is 0. The predicted molar refractivity (Wildman–Crippen MR) is 76.1 cm³/mol. The zero-order valence-electron chi connectivity index (χ0n) is 11.3. The number of hydrogen-bond donors (Lipinski definition) is 1. The van der Waals surface area contributed by atoms with E-state index in [1.54, 1.807) is 6.20 Å². The van der Waals surface area contributed by atoms with E-state index in [9.17, 15) is 5.11 Å². The quantitative estimate of drug-likeness (QED) is 0.890. The van der Waals surface area contributed by atoms with E-state index < -0.39 is 6.10 Å². The summed E-state index contributed by atoms with van der Waals surface area (Å²) in [5, 5.41) is 10.1. The van der Waals surface area contributed by atoms with Crippen LogP contribution in [0.15, 0.2) is 42.6 Å². The number of benzene rings is 1. The first-order valence-corrected chi connectivity index (χ1v) is 6.62. The van der Waals surface area contributed by atoms with Crippen molar-refractivity contribution in [2.45, 2.75) is 26.4 Å². The summed E-state index contributed by atoms with van der Waals surface area (Å²) < 4.78 is 5.34. The van der Waals surface area contributed by atoms with Crippen molar-refractivity contribution in [3.8, 4) is 17.0 Å². The van der Waals surface area contributed by atoms with Crippen molar-refractivity contribution in [2.24, 2.45) is 0 Å². The average Bonchev–Trinajstić information content (AvgIpc) is 2.47. The molecule has 1 N–H and O–H groups in total. The topological polar surface area (TPSA) is 42.4 Å². The third kappa shape index (κ3) is 3.12. The molecule has 0 aliphatic carbocycles. The molecule has 1 aromatic carbocycles. The number of ether oxygens (including phenoxy) is 1. The minimum atomic E-state index is -0.442. The van der Waals surface area contributed by atoms with Crippen molar-refractivity contribution in [3.63, 3.8) is 0 Å². The van der Waals surface area contributed by atoms with Gasteiger partial charge in [0.25, 0.3) is 0 Å². The van der Waals surface area contributed by atoms with Gasteiger partial charge in [0.1, 0.15) is 0 Å². The Bertz CT molecular complexity index is 523. The summed E-state index contributed by atoms with van der Waals surface area (Å²) in [4.78, 5) is 4.27. The molecule has 0 aliphatic heterocycles. The Morgan fingerprint density at radius 2 is 1.95 bits per heavy atom. The molecule has 0 amide bonds. The van der Waals surface area contributed by atoms with Crippen molar-refractivity contribution in [1.29, 1.82) is 0 Å². The molecule has 0 bridgehead atoms. The molecule has 1 aromatic heterocycles. The Morgan fingerprint density at radius 3 is 2.58 bits per heavy atom. The molecule has 0 aliphatic rings. The lowest BCUT2D eigenvalue weighted by molar-refractivity contribution is 0.174. The van der Waals surface area contributed by atoms with E-state index in [2.05, 4.69) is 4.98 Å². The fraction of sp³-hybridized carbons (Fsp3) is 0.312. The molecule has 1 atom stereocenters. The number of pyridine rings is 1. The lowest BCUT2D eigenvalue weighted by Crippen LogP contribution is -1.99. The Kier molecular flexibility index (Phi) is 4.53. The van der Waals surface area contributed by atoms with Crippen LogP contribution in [0.2, 0.25) is 0 Å². The maximum atomic E-state index is 10.1. The SMILES string of the molecule is CCOc1ccc(-c2ccccc2C(O)CC)cn1. The standard InChI is InChI=1S/C16H19NO2/c1-3-15(18)14-8-6-5-7-13(14)12-9-10-16(17-11-12)19-4-2/h5-11,15,18H,3-4H2,1-2H3. The van der Waals surface area contributed by atoms with E-state index in [0.717, 1.165) is 16.7 Å². The summed E-state index contributed by atoms with van der Waals surface area (Å²) in [5.41, 5.74) is 2.95. The number of aromatic nitrogens is 1. The molecule has 0 fully saturated rings. The summed E-state index contributed by atoms with van der Waals surface area (Å²) in [5.74, 6) is 0.625. The highest BCUT2D eigenvalue weighted by molar-refractivity contribution is 5.67. The van der Waals surface area contributed by atoms with Gasteiger partial charge in [0.15, 0.2) is 0 Å². The molecule has 3 heteroatoms. The normalized spacial score (nSPS) is 12.2. The van der Waals surface area contributed by atoms with Gasteiger partial charge < -0.3 is 9.84 Å². The van der Waals surface area contributed by atoms with Crippen LogP contribution >= 0.6 is 0 Å². The number of aliphatic hydroxyl groups is 1. The van der Waals surface area contributed by atoms with Gasteiger partial charge in [-0.15, -0.1) is 0 Å². The number of hydrogen-bond acceptors (Lipinski definition) is 3. The van der Waals surface area contributed by atoms with Crippen molar-refractivity contribution < 1.29 is 9.84 Å². The van der Waals surface area contributed by atoms with Gasteiger partial charge in [-0.3, -0.25) is 0 Å². The van der Waals surface area contributed by atoms with Gasteiger partial charge in [-0.2, -0.15) is 0 Å². The van der Waals surface area contributed by atoms with Crippen LogP contribution in [-0.4, -0.2) is 16.7 Å². The molecule has 1 heterocycles. The van der Waals surface area contributed by atoms with Crippen LogP contribution < -0.4 is 4.74 Å². The van der Waals surface area contributed by atoms with Crippen LogP contribution in [0.5, 0.6) is 5.88 Å². The van der Waals surface area contributed by atoms with Gasteiger partial charge in [-0.05, 0) is 30.5 Å². The molecule has 0 saturated carbocycles. The predicted octanol–water partition coefficient (Wildman–Crippen LogP) is 3.59. The van der Waals surface area contributed by atoms with Gasteiger partial charge in [-0.25, -0.2) is 4.98 Å². The van der Waals surface area contributed by atoms with Crippen LogP contribution in [0.3, 0.4) is 0 Å². The molecule has 1 unspecified atom stereocenters. The van der Waals surface area contributed by atoms with Gasteiger partial charge in [0.05, 0.1) is 12.7 Å². The molecule has 2 aromatic rings. The first-order valence-electron chi connectivity index (χ1n) is 6.62. The summed E-state index contributed by atoms with van der Waals surface area (Å²) in [7, 11) is 0. The fourth-order valence-corrected chi connectivity index (χ4v) is 2.04. The molecule has 0 radical (unpaired) electrons. The van der Waals surface area contributed by atoms with E-state index in [1.165, 1.54) is 0 Å². The highest BCUT2D eigenvalue weighted by Crippen LogP contribution is 2.29. The minimum absolute atomic E-state index is 0.442. The van der Waals surface area contributed by atoms with Gasteiger partial charge in [0, 0.05) is 17.8 Å². The Morgan fingerprint density at radius 1 is 1.16 bits per heavy atom. The van der Waals surface area contributed by atoms with Crippen LogP contribution in [0.25, 0.3) is 11.1 Å². The smallest absolute Gasteiger partial charge is 0.213 e. The first kappa shape index (κ1) is 13.6. The molecular formula is C16H19NO2. The van der Waals surface area contributed by atoms with Gasteiger partial charge >= 0.3 is 0 Å². The zero-order chi connectivity index (χ0) is 13.7. The third-order valence-corrected chi connectivity index (χ3v) is 3.05. The lowest BCUT2D eigenvalue weighted by atomic mass is 9.96. The number of rotatable bonds is 5. The van der Waals surface area contributed by atoms with E-state index in [1.807, 2.05) is 50.2 Å². The van der Waals surface area contributed by atoms with Gasteiger partial charge in [0.2, 0.25) is 5.88 Å². The second-order valence-corrected chi connectivity index (χ2v) is 4.33. The third-order valence-electron chi connectivity index (χ3n) is 3.05. The second kappa shape index (κ2) is 6.34. The maximum Gasteiger partial charge on any atom is 0.213 e. The summed E-state index contributed by atoms with van der Waals surface area (Å²) in [6.07, 6.45) is 2.04. The average molecular weight is 257 g/mol. The Labute approximate surface area is 113 Å². The zero-order valence-corrected chi connectivity index (χ0v) is 11.3. The summed E-state index contributed by atoms with van der Waals surface area (Å²) in [6.45, 7) is 4.51. The highest BCUT2D eigenvalue weighted by Gasteiger charge is 2.11. The maximum absolute atomic E-state index is 10.1. The van der Waals surface area contributed by atoms with Crippen molar-refractivity contribution in [2.75, 3.05) is 6.61 Å². The molecule has 0 saturated heterocycles. The number of aliphatic hydroxyl groups excluding tert-OH is 1. The fourth-order valence-electron chi connectivity index (χ4n) is 2.04. The molecule has 100 valence electrons. The monoisotopic (exact) mass is 257 g/mol. The lowest BCUT2D eigenvalue weighted by Gasteiger charge is -2.14. The van der Waals surface area contributed by atoms with E-state index in [-0.39, 0.29) is 0 Å². The molecule has 3 nitrogen and oxygen atoms in total. The largest absolute Gasteiger partial charge is 0.478 e. The molecule has 19 heavy (non-hydrogen) atoms. The van der Waals surface area contributed by atoms with Gasteiger partial charge in [-0.1, -0.05) is 31.2 Å². The Hall–Kier alpha value is -1.87. The molecule has 2 rings (SSSR count). The molecular weight excluding hydrogens is 238 g/mol. The number of nitrogens with zero attached hydrogens (tertiary/aromatic N) is 1. The van der Waals surface area contributed by atoms with E-state index in [4.69, 9.17) is 4.74 Å². The Balaban J connectivity index is 2.35. The van der Waals surface area contributed by atoms with Crippen molar-refractivity contribution in [3.05, 3.63) is 48.2 Å².